The Labute approximate surface area is 218 Å². The van der Waals surface area contributed by atoms with Crippen molar-refractivity contribution in [1.29, 1.82) is 0 Å². The Balaban J connectivity index is 2.00. The fraction of sp³-hybridized carbons (Fsp3) is 0.500. The highest BCUT2D eigenvalue weighted by Crippen LogP contribution is 2.30. The molecule has 0 amide bonds. The number of rotatable bonds is 15. The molecule has 4 nitrogen and oxygen atoms in total. The molecule has 0 fully saturated rings. The second-order valence-corrected chi connectivity index (χ2v) is 9.75. The van der Waals surface area contributed by atoms with E-state index in [1.54, 1.807) is 14.2 Å². The summed E-state index contributed by atoms with van der Waals surface area (Å²) in [5.74, 6) is 1.84. The summed E-state index contributed by atoms with van der Waals surface area (Å²) in [6, 6.07) is 15.5. The van der Waals surface area contributed by atoms with Crippen LogP contribution in [-0.4, -0.2) is 31.4 Å². The number of ether oxygens (including phenoxy) is 4. The van der Waals surface area contributed by atoms with Crippen LogP contribution in [0.15, 0.2) is 59.9 Å². The van der Waals surface area contributed by atoms with E-state index >= 15 is 4.39 Å². The highest BCUT2D eigenvalue weighted by Gasteiger charge is 2.28. The minimum Gasteiger partial charge on any atom is -0.497 e. The standard InChI is InChI=1S/C28H38FIO4/c1-20(14-16-30)22(3)28(34-19-24-8-12-26(32-5)13-9-24)27(29)21(2)15-17-33-18-23-6-10-25(31-4)11-7-23/h6-13,20,22,28H,14-19H2,1-5H3/b27-21+/t20-,22-,28?/m0/s1. The summed E-state index contributed by atoms with van der Waals surface area (Å²) in [5.41, 5.74) is 2.74. The average molecular weight is 585 g/mol. The molecule has 0 aromatic heterocycles. The largest absolute Gasteiger partial charge is 0.497 e. The predicted octanol–water partition coefficient (Wildman–Crippen LogP) is 7.54. The van der Waals surface area contributed by atoms with Crippen LogP contribution in [0.3, 0.4) is 0 Å². The summed E-state index contributed by atoms with van der Waals surface area (Å²) >= 11 is 2.38. The molecular weight excluding hydrogens is 546 g/mol. The van der Waals surface area contributed by atoms with E-state index < -0.39 is 6.10 Å². The molecule has 0 aliphatic rings. The first-order chi connectivity index (χ1) is 16.4. The number of methoxy groups -OCH3 is 2. The Bertz CT molecular complexity index is 867. The van der Waals surface area contributed by atoms with E-state index in [1.807, 2.05) is 55.5 Å². The van der Waals surface area contributed by atoms with E-state index in [1.165, 1.54) is 0 Å². The maximum absolute atomic E-state index is 15.6. The van der Waals surface area contributed by atoms with Crippen LogP contribution >= 0.6 is 22.6 Å². The zero-order valence-corrected chi connectivity index (χ0v) is 23.1. The number of hydrogen-bond donors (Lipinski definition) is 0. The van der Waals surface area contributed by atoms with Crippen molar-refractivity contribution in [2.75, 3.05) is 25.3 Å². The van der Waals surface area contributed by atoms with Crippen LogP contribution in [0, 0.1) is 11.8 Å². The monoisotopic (exact) mass is 584 g/mol. The van der Waals surface area contributed by atoms with Crippen LogP contribution in [-0.2, 0) is 22.7 Å². The molecule has 34 heavy (non-hydrogen) atoms. The number of hydrogen-bond acceptors (Lipinski definition) is 4. The first kappa shape index (κ1) is 28.6. The fourth-order valence-corrected chi connectivity index (χ4v) is 4.58. The lowest BCUT2D eigenvalue weighted by Crippen LogP contribution is -2.29. The molecule has 0 spiro atoms. The highest BCUT2D eigenvalue weighted by molar-refractivity contribution is 14.1. The SMILES string of the molecule is COc1ccc(COCC/C(C)=C(/F)C(OCc2ccc(OC)cc2)[C@@H](C)[C@@H](C)CCI)cc1. The maximum Gasteiger partial charge on any atom is 0.128 e. The summed E-state index contributed by atoms with van der Waals surface area (Å²) in [4.78, 5) is 0. The maximum atomic E-state index is 15.6. The summed E-state index contributed by atoms with van der Waals surface area (Å²) in [6.07, 6.45) is 0.973. The summed E-state index contributed by atoms with van der Waals surface area (Å²) < 4.78 is 39.0. The third kappa shape index (κ3) is 9.19. The molecular formula is C28H38FIO4. The van der Waals surface area contributed by atoms with Crippen LogP contribution in [0.25, 0.3) is 0 Å². The molecule has 0 saturated carbocycles. The normalized spacial score (nSPS) is 14.8. The Morgan fingerprint density at radius 1 is 0.882 bits per heavy atom. The third-order valence-corrected chi connectivity index (χ3v) is 6.86. The molecule has 188 valence electrons. The van der Waals surface area contributed by atoms with Crippen molar-refractivity contribution in [2.24, 2.45) is 11.8 Å². The van der Waals surface area contributed by atoms with E-state index in [2.05, 4.69) is 36.4 Å². The van der Waals surface area contributed by atoms with Gasteiger partial charge in [-0.1, -0.05) is 60.7 Å². The third-order valence-electron chi connectivity index (χ3n) is 6.23. The van der Waals surface area contributed by atoms with Gasteiger partial charge < -0.3 is 18.9 Å². The van der Waals surface area contributed by atoms with Gasteiger partial charge in [-0.3, -0.25) is 0 Å². The van der Waals surface area contributed by atoms with Crippen molar-refractivity contribution < 1.29 is 23.3 Å². The van der Waals surface area contributed by atoms with Crippen LogP contribution in [0.4, 0.5) is 4.39 Å². The van der Waals surface area contributed by atoms with Crippen molar-refractivity contribution in [1.82, 2.24) is 0 Å². The molecule has 0 saturated heterocycles. The van der Waals surface area contributed by atoms with Gasteiger partial charge in [-0.05, 0) is 77.0 Å². The van der Waals surface area contributed by atoms with Gasteiger partial charge in [-0.25, -0.2) is 4.39 Å². The fourth-order valence-electron chi connectivity index (χ4n) is 3.60. The molecule has 1 unspecified atom stereocenters. The first-order valence-corrected chi connectivity index (χ1v) is 13.3. The molecule has 0 bridgehead atoms. The van der Waals surface area contributed by atoms with E-state index in [0.717, 1.165) is 33.5 Å². The van der Waals surface area contributed by atoms with Gasteiger partial charge in [0.2, 0.25) is 0 Å². The second kappa shape index (κ2) is 15.4. The average Bonchev–Trinajstić information content (AvgIpc) is 2.87. The van der Waals surface area contributed by atoms with E-state index in [-0.39, 0.29) is 11.7 Å². The van der Waals surface area contributed by atoms with E-state index in [4.69, 9.17) is 18.9 Å². The number of benzene rings is 2. The van der Waals surface area contributed by atoms with Crippen LogP contribution in [0.5, 0.6) is 11.5 Å². The van der Waals surface area contributed by atoms with Crippen LogP contribution < -0.4 is 9.47 Å². The number of alkyl halides is 1. The van der Waals surface area contributed by atoms with Crippen LogP contribution in [0.1, 0.15) is 44.7 Å². The molecule has 0 radical (unpaired) electrons. The minimum atomic E-state index is -0.582. The van der Waals surface area contributed by atoms with Gasteiger partial charge in [-0.2, -0.15) is 0 Å². The Morgan fingerprint density at radius 2 is 1.41 bits per heavy atom. The van der Waals surface area contributed by atoms with Crippen molar-refractivity contribution in [2.45, 2.75) is 52.9 Å². The molecule has 0 heterocycles. The predicted molar refractivity (Wildman–Crippen MR) is 144 cm³/mol. The lowest BCUT2D eigenvalue weighted by atomic mass is 9.87. The van der Waals surface area contributed by atoms with Crippen molar-refractivity contribution >= 4 is 22.6 Å². The van der Waals surface area contributed by atoms with Gasteiger partial charge in [0.1, 0.15) is 23.4 Å². The van der Waals surface area contributed by atoms with Gasteiger partial charge in [-0.15, -0.1) is 0 Å². The van der Waals surface area contributed by atoms with Gasteiger partial charge in [0.15, 0.2) is 0 Å². The molecule has 0 N–H and O–H groups in total. The summed E-state index contributed by atoms with van der Waals surface area (Å²) in [7, 11) is 3.29. The van der Waals surface area contributed by atoms with Crippen molar-refractivity contribution in [3.8, 4) is 11.5 Å². The van der Waals surface area contributed by atoms with E-state index in [9.17, 15) is 0 Å². The Kier molecular flexibility index (Phi) is 12.9. The Morgan fingerprint density at radius 3 is 1.91 bits per heavy atom. The van der Waals surface area contributed by atoms with E-state index in [0.29, 0.717) is 37.7 Å². The van der Waals surface area contributed by atoms with Gasteiger partial charge >= 0.3 is 0 Å². The van der Waals surface area contributed by atoms with Crippen molar-refractivity contribution in [3.63, 3.8) is 0 Å². The first-order valence-electron chi connectivity index (χ1n) is 11.8. The molecule has 6 heteroatoms. The zero-order valence-electron chi connectivity index (χ0n) is 21.0. The second-order valence-electron chi connectivity index (χ2n) is 8.67. The highest BCUT2D eigenvalue weighted by atomic mass is 127. The smallest absolute Gasteiger partial charge is 0.128 e. The topological polar surface area (TPSA) is 36.9 Å². The lowest BCUT2D eigenvalue weighted by molar-refractivity contribution is -0.000366. The summed E-state index contributed by atoms with van der Waals surface area (Å²) in [6.45, 7) is 7.39. The molecule has 2 aromatic rings. The zero-order chi connectivity index (χ0) is 24.9. The quantitative estimate of drug-likeness (QED) is 0.123. The van der Waals surface area contributed by atoms with Gasteiger partial charge in [0.05, 0.1) is 34.0 Å². The molecule has 3 atom stereocenters. The number of halogens is 2. The lowest BCUT2D eigenvalue weighted by Gasteiger charge is -2.29. The molecule has 2 aromatic carbocycles. The van der Waals surface area contributed by atoms with Crippen LogP contribution in [0.2, 0.25) is 0 Å². The van der Waals surface area contributed by atoms with Gasteiger partial charge in [0, 0.05) is 0 Å². The minimum absolute atomic E-state index is 0.0585. The molecule has 0 aliphatic heterocycles. The van der Waals surface area contributed by atoms with Crippen molar-refractivity contribution in [3.05, 3.63) is 71.1 Å². The molecule has 0 aliphatic carbocycles. The Hall–Kier alpha value is -1.64. The molecule has 2 rings (SSSR count). The van der Waals surface area contributed by atoms with Gasteiger partial charge in [0.25, 0.3) is 0 Å². The summed E-state index contributed by atoms with van der Waals surface area (Å²) in [5, 5.41) is 0.